The van der Waals surface area contributed by atoms with Crippen LogP contribution in [0.5, 0.6) is 0 Å². The minimum absolute atomic E-state index is 0.0376. The van der Waals surface area contributed by atoms with Gasteiger partial charge in [0.15, 0.2) is 5.71 Å². The minimum Gasteiger partial charge on any atom is -0.748 e. The second-order valence-electron chi connectivity index (χ2n) is 24.6. The van der Waals surface area contributed by atoms with Crippen LogP contribution in [0, 0.1) is 5.92 Å². The highest BCUT2D eigenvalue weighted by molar-refractivity contribution is 7.85. The van der Waals surface area contributed by atoms with Crippen molar-refractivity contribution < 1.29 is 49.6 Å². The maximum atomic E-state index is 13.7. The van der Waals surface area contributed by atoms with E-state index in [1.807, 2.05) is 54.6 Å². The summed E-state index contributed by atoms with van der Waals surface area (Å²) in [5.41, 5.74) is 14.4. The number of benzene rings is 7. The SMILES string of the molecule is CC1(C)C(/C=C/C2=C(c3ccc(C(=O)NCCOCCNC(=O)OCC4c5ccccc5-c5ccccc54)cc3)C(C/C=C3\N(CCCCS(=O)(=O)O)c4ccc5ccccc5c4C3(C)C)CCC2)=[N+](CCCCS(=O)(=O)[O-])c2ccc3ccccc3c21. The number of nitrogens with zero attached hydrogens (tertiary/aromatic N) is 2. The first kappa shape index (κ1) is 61.9. The molecule has 7 aromatic carbocycles. The summed E-state index contributed by atoms with van der Waals surface area (Å²) in [5.74, 6) is -0.920. The van der Waals surface area contributed by atoms with Crippen molar-refractivity contribution in [1.82, 2.24) is 10.6 Å². The summed E-state index contributed by atoms with van der Waals surface area (Å²) >= 11 is 0. The molecule has 3 N–H and O–H groups in total. The molecule has 7 aromatic rings. The van der Waals surface area contributed by atoms with Crippen LogP contribution >= 0.6 is 0 Å². The number of nitrogens with one attached hydrogen (secondary N) is 2. The highest BCUT2D eigenvalue weighted by Gasteiger charge is 2.46. The Morgan fingerprint density at radius 3 is 2.01 bits per heavy atom. The number of carbonyl (C=O) groups excluding carboxylic acids is 2. The summed E-state index contributed by atoms with van der Waals surface area (Å²) in [4.78, 5) is 28.8. The molecule has 0 fully saturated rings. The summed E-state index contributed by atoms with van der Waals surface area (Å²) in [6.07, 6.45) is 11.4. The third-order valence-electron chi connectivity index (χ3n) is 18.2. The van der Waals surface area contributed by atoms with Crippen molar-refractivity contribution in [3.8, 4) is 11.1 Å². The average Bonchev–Trinajstić information content (AvgIpc) is 2.25. The Morgan fingerprint density at radius 1 is 0.705 bits per heavy atom. The second-order valence-corrected chi connectivity index (χ2v) is 27.7. The standard InChI is InChI=1S/C72H78N4O10S2/c1-71(2)64(75(42-13-15-46-87(79,80)81)62-36-32-49-18-5-7-22-55(49)67(62)71)38-34-51-20-17-21-52(35-39-65-72(3,4)68-56-23-8-6-19-50(56)33-37-63(68)76(65)43-14-16-47-88(82,83)84)66(51)53-28-30-54(31-29-53)69(77)73-40-44-85-45-41-74-70(78)86-48-61-59-26-11-9-24-57(59)58-25-10-12-27-60(58)61/h5-12,18-19,22-34,36-39,52,61H,13-17,20-21,35,40-48H2,1-4H3,(H3-,73,74,77,78,79,80,81,82,83,84)/b38-34+,65-39-. The molecular weight excluding hydrogens is 1140 g/mol. The van der Waals surface area contributed by atoms with Crippen molar-refractivity contribution in [2.24, 2.45) is 5.92 Å². The quantitative estimate of drug-likeness (QED) is 0.0296. The maximum Gasteiger partial charge on any atom is 0.407 e. The molecule has 2 heterocycles. The minimum atomic E-state index is -4.37. The monoisotopic (exact) mass is 1220 g/mol. The van der Waals surface area contributed by atoms with E-state index in [1.165, 1.54) is 27.7 Å². The van der Waals surface area contributed by atoms with Crippen LogP contribution in [0.15, 0.2) is 175 Å². The third kappa shape index (κ3) is 13.3. The number of carbonyl (C=O) groups is 2. The van der Waals surface area contributed by atoms with Crippen molar-refractivity contribution in [3.63, 3.8) is 0 Å². The van der Waals surface area contributed by atoms with Crippen LogP contribution < -0.4 is 15.5 Å². The van der Waals surface area contributed by atoms with Gasteiger partial charge in [-0.2, -0.15) is 13.0 Å². The molecule has 0 saturated carbocycles. The van der Waals surface area contributed by atoms with Gasteiger partial charge in [-0.05, 0) is 155 Å². The Balaban J connectivity index is 0.831. The third-order valence-corrected chi connectivity index (χ3v) is 19.8. The molecule has 1 unspecified atom stereocenters. The molecular formula is C72H78N4O10S2. The number of allylic oxidation sites excluding steroid dienone is 6. The molecule has 14 nitrogen and oxygen atoms in total. The van der Waals surface area contributed by atoms with E-state index in [0.29, 0.717) is 44.3 Å². The number of fused-ring (bicyclic) bond motifs is 9. The van der Waals surface area contributed by atoms with Crippen molar-refractivity contribution in [1.29, 1.82) is 0 Å². The lowest BCUT2D eigenvalue weighted by molar-refractivity contribution is -0.438. The molecule has 0 bridgehead atoms. The van der Waals surface area contributed by atoms with Gasteiger partial charge < -0.3 is 29.6 Å². The number of ether oxygens (including phenoxy) is 2. The number of hydrogen-bond donors (Lipinski definition) is 3. The van der Waals surface area contributed by atoms with E-state index in [0.717, 1.165) is 86.0 Å². The first-order valence-corrected chi connectivity index (χ1v) is 34.0. The zero-order valence-electron chi connectivity index (χ0n) is 50.6. The smallest absolute Gasteiger partial charge is 0.407 e. The fraction of sp³-hybridized carbons (Fsp3) is 0.347. The van der Waals surface area contributed by atoms with E-state index in [1.54, 1.807) is 0 Å². The maximum absolute atomic E-state index is 13.7. The Bertz CT molecular complexity index is 4120. The molecule has 458 valence electrons. The molecule has 2 aliphatic heterocycles. The van der Waals surface area contributed by atoms with E-state index in [-0.39, 0.29) is 62.8 Å². The van der Waals surface area contributed by atoms with Gasteiger partial charge in [0.1, 0.15) is 13.2 Å². The zero-order chi connectivity index (χ0) is 61.8. The molecule has 88 heavy (non-hydrogen) atoms. The molecule has 1 atom stereocenters. The van der Waals surface area contributed by atoms with Gasteiger partial charge in [-0.25, -0.2) is 13.2 Å². The molecule has 0 saturated heterocycles. The normalized spacial score (nSPS) is 17.5. The summed E-state index contributed by atoms with van der Waals surface area (Å²) in [7, 11) is -8.48. The van der Waals surface area contributed by atoms with E-state index < -0.39 is 42.9 Å². The van der Waals surface area contributed by atoms with Gasteiger partial charge in [-0.1, -0.05) is 141 Å². The van der Waals surface area contributed by atoms with Gasteiger partial charge in [0, 0.05) is 77.8 Å². The highest BCUT2D eigenvalue weighted by atomic mass is 32.2. The summed E-state index contributed by atoms with van der Waals surface area (Å²) in [6, 6.07) is 49.7. The van der Waals surface area contributed by atoms with Crippen LogP contribution in [0.25, 0.3) is 38.2 Å². The molecule has 0 radical (unpaired) electrons. The average molecular weight is 1220 g/mol. The Morgan fingerprint density at radius 2 is 1.33 bits per heavy atom. The topological polar surface area (TPSA) is 194 Å². The van der Waals surface area contributed by atoms with Crippen molar-refractivity contribution in [2.45, 2.75) is 95.8 Å². The van der Waals surface area contributed by atoms with E-state index >= 15 is 0 Å². The Hall–Kier alpha value is -7.73. The largest absolute Gasteiger partial charge is 0.748 e. The van der Waals surface area contributed by atoms with Gasteiger partial charge >= 0.3 is 6.09 Å². The fourth-order valence-electron chi connectivity index (χ4n) is 14.2. The number of anilines is 1. The van der Waals surface area contributed by atoms with Gasteiger partial charge in [0.2, 0.25) is 5.69 Å². The first-order valence-electron chi connectivity index (χ1n) is 30.8. The van der Waals surface area contributed by atoms with Gasteiger partial charge in [-0.15, -0.1) is 0 Å². The van der Waals surface area contributed by atoms with Crippen LogP contribution in [-0.2, 0) is 40.5 Å². The molecule has 11 rings (SSSR count). The molecule has 0 aromatic heterocycles. The molecule has 4 aliphatic rings. The van der Waals surface area contributed by atoms with Crippen LogP contribution in [0.2, 0.25) is 0 Å². The lowest BCUT2D eigenvalue weighted by Crippen LogP contribution is -2.31. The van der Waals surface area contributed by atoms with Crippen LogP contribution in [-0.4, -0.2) is 106 Å². The predicted octanol–water partition coefficient (Wildman–Crippen LogP) is 13.5. The van der Waals surface area contributed by atoms with Crippen molar-refractivity contribution in [3.05, 3.63) is 208 Å². The Labute approximate surface area is 517 Å². The van der Waals surface area contributed by atoms with E-state index in [9.17, 15) is 35.5 Å². The van der Waals surface area contributed by atoms with Crippen LogP contribution in [0.4, 0.5) is 16.2 Å². The predicted molar refractivity (Wildman–Crippen MR) is 349 cm³/mol. The summed E-state index contributed by atoms with van der Waals surface area (Å²) in [6.45, 7) is 11.3. The van der Waals surface area contributed by atoms with Gasteiger partial charge in [-0.3, -0.25) is 9.35 Å². The molecule has 0 spiro atoms. The zero-order valence-corrected chi connectivity index (χ0v) is 52.2. The molecule has 2 amide bonds. The van der Waals surface area contributed by atoms with E-state index in [2.05, 4.69) is 157 Å². The summed E-state index contributed by atoms with van der Waals surface area (Å²) in [5, 5.41) is 10.4. The molecule has 2 aliphatic carbocycles. The van der Waals surface area contributed by atoms with Crippen molar-refractivity contribution >= 4 is 76.4 Å². The summed E-state index contributed by atoms with van der Waals surface area (Å²) < 4.78 is 82.2. The van der Waals surface area contributed by atoms with Gasteiger partial charge in [0.05, 0.1) is 34.5 Å². The van der Waals surface area contributed by atoms with Crippen LogP contribution in [0.3, 0.4) is 0 Å². The highest BCUT2D eigenvalue weighted by Crippen LogP contribution is 2.52. The second kappa shape index (κ2) is 26.2. The first-order chi connectivity index (χ1) is 42.3. The Kier molecular flexibility index (Phi) is 18.4. The lowest BCUT2D eigenvalue weighted by Gasteiger charge is -2.31. The molecule has 16 heteroatoms. The number of unbranched alkanes of at least 4 members (excludes halogenated alkanes) is 2. The van der Waals surface area contributed by atoms with Gasteiger partial charge in [0.25, 0.3) is 16.0 Å². The number of amides is 2. The van der Waals surface area contributed by atoms with E-state index in [4.69, 9.17) is 9.47 Å². The number of hydrogen-bond acceptors (Lipinski definition) is 10. The fourth-order valence-corrected chi connectivity index (χ4v) is 15.3. The number of rotatable bonds is 24. The van der Waals surface area contributed by atoms with Crippen molar-refractivity contribution in [2.75, 3.05) is 62.4 Å². The lowest BCUT2D eigenvalue weighted by atomic mass is 9.75. The number of alkyl carbamates (subject to hydrolysis) is 1. The van der Waals surface area contributed by atoms with Crippen LogP contribution in [0.1, 0.15) is 123 Å².